The number of nitrogens with two attached hydrogens (primary N) is 1. The number of amides is 1. The van der Waals surface area contributed by atoms with Gasteiger partial charge in [0.15, 0.2) is 16.6 Å². The first kappa shape index (κ1) is 12.7. The number of hydrogen-bond donors (Lipinski definition) is 3. The van der Waals surface area contributed by atoms with Crippen molar-refractivity contribution in [2.24, 2.45) is 5.73 Å². The number of fused-ring (bicyclic) bond motifs is 1. The van der Waals surface area contributed by atoms with Gasteiger partial charge in [0, 0.05) is 5.70 Å². The van der Waals surface area contributed by atoms with E-state index in [4.69, 9.17) is 27.4 Å². The average molecular weight is 291 g/mol. The Morgan fingerprint density at radius 2 is 2.15 bits per heavy atom. The van der Waals surface area contributed by atoms with E-state index in [9.17, 15) is 4.79 Å². The summed E-state index contributed by atoms with van der Waals surface area (Å²) in [4.78, 5) is 11.7. The maximum Gasteiger partial charge on any atom is 0.248 e. The van der Waals surface area contributed by atoms with E-state index in [0.29, 0.717) is 27.9 Å². The predicted octanol–water partition coefficient (Wildman–Crippen LogP) is 0.693. The minimum Gasteiger partial charge on any atom is -0.454 e. The number of nitrogens with one attached hydrogen (secondary N) is 2. The SMILES string of the molecule is CC1=C(C(N)=O)[C@@H](c2ccc3c(c2)OCO3)NC(=S)N1. The third-order valence-electron chi connectivity index (χ3n) is 3.26. The van der Waals surface area contributed by atoms with Gasteiger partial charge in [0.1, 0.15) is 0 Å². The van der Waals surface area contributed by atoms with E-state index in [1.807, 2.05) is 12.1 Å². The first-order chi connectivity index (χ1) is 9.56. The first-order valence-corrected chi connectivity index (χ1v) is 6.44. The molecule has 1 amide bonds. The summed E-state index contributed by atoms with van der Waals surface area (Å²) in [5.41, 5.74) is 7.42. The number of carbonyl (C=O) groups excluding carboxylic acids is 1. The van der Waals surface area contributed by atoms with E-state index >= 15 is 0 Å². The van der Waals surface area contributed by atoms with Gasteiger partial charge in [-0.1, -0.05) is 6.07 Å². The summed E-state index contributed by atoms with van der Waals surface area (Å²) in [6.45, 7) is 1.97. The molecule has 104 valence electrons. The molecule has 1 aromatic carbocycles. The van der Waals surface area contributed by atoms with Crippen LogP contribution in [0.2, 0.25) is 0 Å². The summed E-state index contributed by atoms with van der Waals surface area (Å²) in [6, 6.07) is 5.09. The van der Waals surface area contributed by atoms with Crippen molar-refractivity contribution in [2.75, 3.05) is 6.79 Å². The highest BCUT2D eigenvalue weighted by molar-refractivity contribution is 7.80. The van der Waals surface area contributed by atoms with Crippen LogP contribution in [0, 0.1) is 0 Å². The molecule has 0 saturated heterocycles. The van der Waals surface area contributed by atoms with Gasteiger partial charge < -0.3 is 25.8 Å². The molecule has 1 aromatic rings. The van der Waals surface area contributed by atoms with Gasteiger partial charge in [-0.2, -0.15) is 0 Å². The van der Waals surface area contributed by atoms with Crippen molar-refractivity contribution < 1.29 is 14.3 Å². The van der Waals surface area contributed by atoms with Crippen LogP contribution in [0.4, 0.5) is 0 Å². The monoisotopic (exact) mass is 291 g/mol. The largest absolute Gasteiger partial charge is 0.454 e. The molecule has 6 nitrogen and oxygen atoms in total. The summed E-state index contributed by atoms with van der Waals surface area (Å²) >= 11 is 5.13. The molecule has 0 aromatic heterocycles. The molecule has 0 aliphatic carbocycles. The van der Waals surface area contributed by atoms with Gasteiger partial charge in [-0.3, -0.25) is 4.79 Å². The lowest BCUT2D eigenvalue weighted by Gasteiger charge is -2.29. The third-order valence-corrected chi connectivity index (χ3v) is 3.48. The molecule has 4 N–H and O–H groups in total. The number of carbonyl (C=O) groups is 1. The van der Waals surface area contributed by atoms with Crippen LogP contribution in [0.1, 0.15) is 18.5 Å². The number of benzene rings is 1. The van der Waals surface area contributed by atoms with E-state index in [0.717, 1.165) is 5.56 Å². The quantitative estimate of drug-likeness (QED) is 0.695. The van der Waals surface area contributed by atoms with Crippen molar-refractivity contribution in [2.45, 2.75) is 13.0 Å². The molecule has 2 aliphatic rings. The van der Waals surface area contributed by atoms with Gasteiger partial charge in [0.2, 0.25) is 12.7 Å². The van der Waals surface area contributed by atoms with Crippen molar-refractivity contribution in [1.82, 2.24) is 10.6 Å². The second-order valence-electron chi connectivity index (χ2n) is 4.55. The molecule has 1 atom stereocenters. The molecule has 0 bridgehead atoms. The molecular weight excluding hydrogens is 278 g/mol. The Hall–Kier alpha value is -2.28. The van der Waals surface area contributed by atoms with Gasteiger partial charge in [-0.25, -0.2) is 0 Å². The van der Waals surface area contributed by atoms with Crippen molar-refractivity contribution >= 4 is 23.2 Å². The van der Waals surface area contributed by atoms with E-state index in [1.54, 1.807) is 13.0 Å². The molecule has 0 unspecified atom stereocenters. The minimum atomic E-state index is -0.493. The summed E-state index contributed by atoms with van der Waals surface area (Å²) < 4.78 is 10.6. The molecule has 0 saturated carbocycles. The Morgan fingerprint density at radius 3 is 2.90 bits per heavy atom. The van der Waals surface area contributed by atoms with Gasteiger partial charge in [0.05, 0.1) is 11.6 Å². The fraction of sp³-hybridized carbons (Fsp3) is 0.231. The second-order valence-corrected chi connectivity index (χ2v) is 4.96. The lowest BCUT2D eigenvalue weighted by atomic mass is 9.95. The van der Waals surface area contributed by atoms with Gasteiger partial charge in [-0.05, 0) is 36.8 Å². The normalized spacial score (nSPS) is 20.4. The van der Waals surface area contributed by atoms with E-state index in [-0.39, 0.29) is 6.79 Å². The standard InChI is InChI=1S/C13H13N3O3S/c1-6-10(12(14)17)11(16-13(20)15-6)7-2-3-8-9(4-7)19-5-18-8/h2-4,11H,5H2,1H3,(H2,14,17)(H2,15,16,20)/t11-/m1/s1. The predicted molar refractivity (Wildman–Crippen MR) is 76.1 cm³/mol. The Labute approximate surface area is 120 Å². The van der Waals surface area contributed by atoms with Crippen LogP contribution in [0.3, 0.4) is 0 Å². The molecule has 2 aliphatic heterocycles. The third kappa shape index (κ3) is 2.05. The second kappa shape index (κ2) is 4.68. The minimum absolute atomic E-state index is 0.203. The highest BCUT2D eigenvalue weighted by Gasteiger charge is 2.29. The maximum atomic E-state index is 11.7. The Morgan fingerprint density at radius 1 is 1.40 bits per heavy atom. The summed E-state index contributed by atoms with van der Waals surface area (Å²) in [7, 11) is 0. The zero-order valence-corrected chi connectivity index (χ0v) is 11.5. The number of rotatable bonds is 2. The van der Waals surface area contributed by atoms with Crippen molar-refractivity contribution in [3.05, 3.63) is 35.0 Å². The smallest absolute Gasteiger partial charge is 0.248 e. The van der Waals surface area contributed by atoms with Crippen LogP contribution >= 0.6 is 12.2 Å². The zero-order chi connectivity index (χ0) is 14.3. The molecular formula is C13H13N3O3S. The topological polar surface area (TPSA) is 85.6 Å². The van der Waals surface area contributed by atoms with Crippen LogP contribution < -0.4 is 25.8 Å². The summed E-state index contributed by atoms with van der Waals surface area (Å²) in [5, 5.41) is 6.41. The van der Waals surface area contributed by atoms with Crippen LogP contribution in [-0.4, -0.2) is 17.8 Å². The highest BCUT2D eigenvalue weighted by Crippen LogP contribution is 2.36. The van der Waals surface area contributed by atoms with E-state index < -0.39 is 11.9 Å². The molecule has 0 spiro atoms. The number of primary amides is 1. The van der Waals surface area contributed by atoms with Crippen molar-refractivity contribution in [1.29, 1.82) is 0 Å². The van der Waals surface area contributed by atoms with Crippen molar-refractivity contribution in [3.63, 3.8) is 0 Å². The first-order valence-electron chi connectivity index (χ1n) is 6.04. The van der Waals surface area contributed by atoms with E-state index in [1.165, 1.54) is 0 Å². The van der Waals surface area contributed by atoms with E-state index in [2.05, 4.69) is 10.6 Å². The van der Waals surface area contributed by atoms with Crippen LogP contribution in [0.15, 0.2) is 29.5 Å². The average Bonchev–Trinajstić information content (AvgIpc) is 2.84. The molecule has 3 rings (SSSR count). The van der Waals surface area contributed by atoms with Gasteiger partial charge in [0.25, 0.3) is 0 Å². The maximum absolute atomic E-state index is 11.7. The lowest BCUT2D eigenvalue weighted by Crippen LogP contribution is -2.46. The van der Waals surface area contributed by atoms with Crippen LogP contribution in [-0.2, 0) is 4.79 Å². The number of thiocarbonyl (C=S) groups is 1. The molecule has 7 heteroatoms. The van der Waals surface area contributed by atoms with Gasteiger partial charge >= 0.3 is 0 Å². The Balaban J connectivity index is 2.05. The molecule has 0 radical (unpaired) electrons. The summed E-state index contributed by atoms with van der Waals surface area (Å²) in [6.07, 6.45) is 0. The number of hydrogen-bond acceptors (Lipinski definition) is 4. The Kier molecular flexibility index (Phi) is 2.98. The number of ether oxygens (including phenoxy) is 2. The Bertz CT molecular complexity index is 642. The van der Waals surface area contributed by atoms with Crippen molar-refractivity contribution in [3.8, 4) is 11.5 Å². The molecule has 2 heterocycles. The van der Waals surface area contributed by atoms with Crippen LogP contribution in [0.25, 0.3) is 0 Å². The van der Waals surface area contributed by atoms with Gasteiger partial charge in [-0.15, -0.1) is 0 Å². The highest BCUT2D eigenvalue weighted by atomic mass is 32.1. The number of allylic oxidation sites excluding steroid dienone is 1. The fourth-order valence-corrected chi connectivity index (χ4v) is 2.63. The summed E-state index contributed by atoms with van der Waals surface area (Å²) in [5.74, 6) is 0.842. The van der Waals surface area contributed by atoms with Crippen LogP contribution in [0.5, 0.6) is 11.5 Å². The fourth-order valence-electron chi connectivity index (χ4n) is 2.36. The molecule has 0 fully saturated rings. The molecule has 20 heavy (non-hydrogen) atoms. The zero-order valence-electron chi connectivity index (χ0n) is 10.7. The lowest BCUT2D eigenvalue weighted by molar-refractivity contribution is -0.115.